The standard InChI is InChI=1S/C15H22N2O3/c1-3-7-11-9-5-6-10-12(11)16-15(20)17-13(8-4-2)14(18)19/h5-6,9-10,13H,3-4,7-8H2,1-2H3,(H,18,19)(H2,16,17,20)/t13-/m1/s1. The van der Waals surface area contributed by atoms with E-state index in [1.165, 1.54) is 0 Å². The van der Waals surface area contributed by atoms with E-state index in [4.69, 9.17) is 5.11 Å². The molecule has 0 radical (unpaired) electrons. The van der Waals surface area contributed by atoms with Crippen molar-refractivity contribution in [2.24, 2.45) is 0 Å². The molecule has 0 spiro atoms. The van der Waals surface area contributed by atoms with Crippen molar-refractivity contribution in [3.8, 4) is 0 Å². The molecule has 0 aliphatic carbocycles. The second-order valence-corrected chi connectivity index (χ2v) is 4.69. The SMILES string of the molecule is CCCc1ccccc1NC(=O)N[C@H](CCC)C(=O)O. The molecule has 0 aliphatic heterocycles. The van der Waals surface area contributed by atoms with Gasteiger partial charge in [0.15, 0.2) is 0 Å². The van der Waals surface area contributed by atoms with Crippen molar-refractivity contribution in [1.82, 2.24) is 5.32 Å². The van der Waals surface area contributed by atoms with Gasteiger partial charge < -0.3 is 15.7 Å². The normalized spacial score (nSPS) is 11.7. The zero-order chi connectivity index (χ0) is 15.0. The van der Waals surface area contributed by atoms with Crippen molar-refractivity contribution < 1.29 is 14.7 Å². The Labute approximate surface area is 119 Å². The van der Waals surface area contributed by atoms with E-state index in [2.05, 4.69) is 17.6 Å². The fourth-order valence-electron chi connectivity index (χ4n) is 1.99. The molecule has 1 aromatic rings. The summed E-state index contributed by atoms with van der Waals surface area (Å²) in [6.45, 7) is 3.95. The van der Waals surface area contributed by atoms with E-state index in [1.807, 2.05) is 31.2 Å². The molecule has 0 aliphatic rings. The molecule has 0 heterocycles. The number of aryl methyl sites for hydroxylation is 1. The lowest BCUT2D eigenvalue weighted by molar-refractivity contribution is -0.139. The van der Waals surface area contributed by atoms with Gasteiger partial charge in [0.05, 0.1) is 0 Å². The highest BCUT2D eigenvalue weighted by molar-refractivity contribution is 5.92. The molecule has 0 fully saturated rings. The molecule has 5 nitrogen and oxygen atoms in total. The van der Waals surface area contributed by atoms with E-state index in [9.17, 15) is 9.59 Å². The zero-order valence-corrected chi connectivity index (χ0v) is 12.0. The minimum absolute atomic E-state index is 0.416. The Bertz CT molecular complexity index is 460. The van der Waals surface area contributed by atoms with Crippen LogP contribution in [0.2, 0.25) is 0 Å². The van der Waals surface area contributed by atoms with Gasteiger partial charge in [-0.1, -0.05) is 44.9 Å². The Morgan fingerprint density at radius 3 is 2.50 bits per heavy atom. The molecule has 2 amide bonds. The van der Waals surface area contributed by atoms with Crippen molar-refractivity contribution >= 4 is 17.7 Å². The Morgan fingerprint density at radius 1 is 1.20 bits per heavy atom. The first kappa shape index (κ1) is 16.0. The van der Waals surface area contributed by atoms with Gasteiger partial charge in [0.1, 0.15) is 6.04 Å². The van der Waals surface area contributed by atoms with Crippen LogP contribution in [0.25, 0.3) is 0 Å². The first-order valence-electron chi connectivity index (χ1n) is 6.96. The summed E-state index contributed by atoms with van der Waals surface area (Å²) < 4.78 is 0. The second kappa shape index (κ2) is 8.19. The van der Waals surface area contributed by atoms with Crippen LogP contribution < -0.4 is 10.6 Å². The summed E-state index contributed by atoms with van der Waals surface area (Å²) in [6, 6.07) is 6.22. The fraction of sp³-hybridized carbons (Fsp3) is 0.467. The maximum absolute atomic E-state index is 11.9. The number of para-hydroxylation sites is 1. The molecule has 0 aromatic heterocycles. The van der Waals surface area contributed by atoms with Crippen molar-refractivity contribution in [2.75, 3.05) is 5.32 Å². The number of hydrogen-bond acceptors (Lipinski definition) is 2. The van der Waals surface area contributed by atoms with Crippen LogP contribution in [0.5, 0.6) is 0 Å². The monoisotopic (exact) mass is 278 g/mol. The van der Waals surface area contributed by atoms with Gasteiger partial charge in [-0.3, -0.25) is 0 Å². The summed E-state index contributed by atoms with van der Waals surface area (Å²) in [7, 11) is 0. The number of carbonyl (C=O) groups excluding carboxylic acids is 1. The highest BCUT2D eigenvalue weighted by atomic mass is 16.4. The van der Waals surface area contributed by atoms with Crippen molar-refractivity contribution in [2.45, 2.75) is 45.6 Å². The van der Waals surface area contributed by atoms with E-state index >= 15 is 0 Å². The molecule has 20 heavy (non-hydrogen) atoms. The number of hydrogen-bond donors (Lipinski definition) is 3. The van der Waals surface area contributed by atoms with Gasteiger partial charge in [-0.25, -0.2) is 9.59 Å². The van der Waals surface area contributed by atoms with Crippen LogP contribution in [0, 0.1) is 0 Å². The number of urea groups is 1. The molecule has 1 rings (SSSR count). The Kier molecular flexibility index (Phi) is 6.56. The summed E-state index contributed by atoms with van der Waals surface area (Å²) in [4.78, 5) is 22.9. The largest absolute Gasteiger partial charge is 0.480 e. The lowest BCUT2D eigenvalue weighted by Gasteiger charge is -2.15. The predicted molar refractivity (Wildman–Crippen MR) is 78.9 cm³/mol. The summed E-state index contributed by atoms with van der Waals surface area (Å²) in [5.74, 6) is -1.01. The van der Waals surface area contributed by atoms with E-state index in [0.717, 1.165) is 24.1 Å². The molecule has 1 atom stereocenters. The minimum Gasteiger partial charge on any atom is -0.480 e. The summed E-state index contributed by atoms with van der Waals surface area (Å²) in [5.41, 5.74) is 1.78. The van der Waals surface area contributed by atoms with Crippen LogP contribution in [0.1, 0.15) is 38.7 Å². The predicted octanol–water partition coefficient (Wildman–Crippen LogP) is 3.01. The van der Waals surface area contributed by atoms with Gasteiger partial charge in [0.2, 0.25) is 0 Å². The van der Waals surface area contributed by atoms with Gasteiger partial charge in [0.25, 0.3) is 0 Å². The van der Waals surface area contributed by atoms with Crippen molar-refractivity contribution in [3.63, 3.8) is 0 Å². The lowest BCUT2D eigenvalue weighted by atomic mass is 10.1. The van der Waals surface area contributed by atoms with Gasteiger partial charge >= 0.3 is 12.0 Å². The molecule has 0 bridgehead atoms. The summed E-state index contributed by atoms with van der Waals surface area (Å²) >= 11 is 0. The topological polar surface area (TPSA) is 78.4 Å². The van der Waals surface area contributed by atoms with E-state index in [1.54, 1.807) is 0 Å². The first-order valence-corrected chi connectivity index (χ1v) is 6.96. The van der Waals surface area contributed by atoms with E-state index < -0.39 is 18.0 Å². The minimum atomic E-state index is -1.01. The Morgan fingerprint density at radius 2 is 1.90 bits per heavy atom. The smallest absolute Gasteiger partial charge is 0.326 e. The molecule has 0 saturated heterocycles. The number of aliphatic carboxylic acids is 1. The fourth-order valence-corrected chi connectivity index (χ4v) is 1.99. The highest BCUT2D eigenvalue weighted by Gasteiger charge is 2.18. The lowest BCUT2D eigenvalue weighted by Crippen LogP contribution is -2.43. The van der Waals surface area contributed by atoms with Gasteiger partial charge in [-0.05, 0) is 24.5 Å². The highest BCUT2D eigenvalue weighted by Crippen LogP contribution is 2.16. The van der Waals surface area contributed by atoms with Gasteiger partial charge in [0, 0.05) is 5.69 Å². The van der Waals surface area contributed by atoms with Crippen LogP contribution in [-0.4, -0.2) is 23.1 Å². The number of carboxylic acids is 1. The summed E-state index contributed by atoms with van der Waals surface area (Å²) in [6.07, 6.45) is 2.96. The first-order chi connectivity index (χ1) is 9.58. The van der Waals surface area contributed by atoms with Crippen LogP contribution >= 0.6 is 0 Å². The second-order valence-electron chi connectivity index (χ2n) is 4.69. The number of carbonyl (C=O) groups is 2. The number of benzene rings is 1. The Balaban J connectivity index is 2.68. The van der Waals surface area contributed by atoms with E-state index in [-0.39, 0.29) is 0 Å². The molecular weight excluding hydrogens is 256 g/mol. The van der Waals surface area contributed by atoms with E-state index in [0.29, 0.717) is 12.8 Å². The van der Waals surface area contributed by atoms with Crippen molar-refractivity contribution in [3.05, 3.63) is 29.8 Å². The van der Waals surface area contributed by atoms with Gasteiger partial charge in [-0.2, -0.15) is 0 Å². The number of anilines is 1. The molecular formula is C15H22N2O3. The third-order valence-corrected chi connectivity index (χ3v) is 2.97. The van der Waals surface area contributed by atoms with Crippen LogP contribution in [-0.2, 0) is 11.2 Å². The number of carboxylic acid groups (broad SMARTS) is 1. The molecule has 0 unspecified atom stereocenters. The average molecular weight is 278 g/mol. The maximum atomic E-state index is 11.9. The van der Waals surface area contributed by atoms with Gasteiger partial charge in [-0.15, -0.1) is 0 Å². The third kappa shape index (κ3) is 4.91. The van der Waals surface area contributed by atoms with Crippen LogP contribution in [0.4, 0.5) is 10.5 Å². The van der Waals surface area contributed by atoms with Crippen LogP contribution in [0.3, 0.4) is 0 Å². The van der Waals surface area contributed by atoms with Crippen molar-refractivity contribution in [1.29, 1.82) is 0 Å². The van der Waals surface area contributed by atoms with Crippen LogP contribution in [0.15, 0.2) is 24.3 Å². The average Bonchev–Trinajstić information content (AvgIpc) is 2.40. The molecule has 5 heteroatoms. The number of amides is 2. The number of rotatable bonds is 7. The Hall–Kier alpha value is -2.04. The third-order valence-electron chi connectivity index (χ3n) is 2.97. The molecule has 1 aromatic carbocycles. The number of nitrogens with one attached hydrogen (secondary N) is 2. The quantitative estimate of drug-likeness (QED) is 0.717. The molecule has 110 valence electrons. The zero-order valence-electron chi connectivity index (χ0n) is 12.0. The molecule has 3 N–H and O–H groups in total. The maximum Gasteiger partial charge on any atom is 0.326 e. The molecule has 0 saturated carbocycles. The summed E-state index contributed by atoms with van der Waals surface area (Å²) in [5, 5.41) is 14.2.